The van der Waals surface area contributed by atoms with Gasteiger partial charge in [-0.2, -0.15) is 0 Å². The molecule has 1 aliphatic heterocycles. The smallest absolute Gasteiger partial charge is 0.203 e. The number of rotatable bonds is 6. The Morgan fingerprint density at radius 1 is 1.07 bits per heavy atom. The summed E-state index contributed by atoms with van der Waals surface area (Å²) >= 11 is 0. The van der Waals surface area contributed by atoms with Crippen LogP contribution in [0.25, 0.3) is 0 Å². The lowest BCUT2D eigenvalue weighted by Gasteiger charge is -2.37. The van der Waals surface area contributed by atoms with E-state index in [0.29, 0.717) is 35.6 Å². The van der Waals surface area contributed by atoms with Crippen LogP contribution in [0.4, 0.5) is 0 Å². The molecule has 1 N–H and O–H groups in total. The van der Waals surface area contributed by atoms with E-state index < -0.39 is 0 Å². The van der Waals surface area contributed by atoms with Gasteiger partial charge < -0.3 is 24.4 Å². The number of ether oxygens (including phenoxy) is 3. The van der Waals surface area contributed by atoms with E-state index in [-0.39, 0.29) is 24.0 Å². The number of hydrogen-bond donors (Lipinski definition) is 1. The molecular weight excluding hydrogens is 457 g/mol. The monoisotopic (exact) mass is 491 g/mol. The summed E-state index contributed by atoms with van der Waals surface area (Å²) in [5, 5.41) is 3.43. The maximum atomic E-state index is 5.57. The van der Waals surface area contributed by atoms with Crippen LogP contribution in [0, 0.1) is 11.8 Å². The minimum atomic E-state index is 0. The van der Waals surface area contributed by atoms with Crippen LogP contribution in [-0.2, 0) is 6.54 Å². The summed E-state index contributed by atoms with van der Waals surface area (Å²) in [5.41, 5.74) is 0.971. The molecule has 1 heterocycles. The van der Waals surface area contributed by atoms with Crippen LogP contribution in [0.15, 0.2) is 17.1 Å². The van der Waals surface area contributed by atoms with Crippen molar-refractivity contribution < 1.29 is 14.2 Å². The van der Waals surface area contributed by atoms with E-state index in [9.17, 15) is 0 Å². The first-order valence-electron chi connectivity index (χ1n) is 9.35. The third-order valence-electron chi connectivity index (χ3n) is 4.69. The van der Waals surface area contributed by atoms with Crippen molar-refractivity contribution in [2.45, 2.75) is 33.7 Å². The third-order valence-corrected chi connectivity index (χ3v) is 4.69. The van der Waals surface area contributed by atoms with E-state index in [2.05, 4.69) is 31.0 Å². The molecule has 0 saturated carbocycles. The average Bonchev–Trinajstić information content (AvgIpc) is 2.63. The van der Waals surface area contributed by atoms with Crippen LogP contribution >= 0.6 is 24.0 Å². The molecule has 2 unspecified atom stereocenters. The number of nitrogens with one attached hydrogen (secondary N) is 1. The Kier molecular flexibility index (Phi) is 10.0. The number of guanidine groups is 1. The Morgan fingerprint density at radius 2 is 1.70 bits per heavy atom. The van der Waals surface area contributed by atoms with Crippen molar-refractivity contribution in [2.75, 3.05) is 41.0 Å². The third kappa shape index (κ3) is 6.05. The lowest BCUT2D eigenvalue weighted by atomic mass is 9.92. The Balaban J connectivity index is 0.00000364. The largest absolute Gasteiger partial charge is 0.493 e. The molecular formula is C20H34IN3O3. The van der Waals surface area contributed by atoms with Gasteiger partial charge in [0.1, 0.15) is 0 Å². The van der Waals surface area contributed by atoms with Crippen molar-refractivity contribution in [3.63, 3.8) is 0 Å². The second-order valence-electron chi connectivity index (χ2n) is 7.01. The fraction of sp³-hybridized carbons (Fsp3) is 0.650. The molecule has 1 aromatic rings. The van der Waals surface area contributed by atoms with Gasteiger partial charge in [-0.3, -0.25) is 0 Å². The van der Waals surface area contributed by atoms with Gasteiger partial charge in [0.2, 0.25) is 5.75 Å². The van der Waals surface area contributed by atoms with Gasteiger partial charge in [0.25, 0.3) is 0 Å². The molecule has 0 bridgehead atoms. The lowest BCUT2D eigenvalue weighted by Crippen LogP contribution is -2.48. The molecule has 154 valence electrons. The summed E-state index contributed by atoms with van der Waals surface area (Å²) in [7, 11) is 4.88. The Bertz CT molecular complexity index is 615. The van der Waals surface area contributed by atoms with E-state index in [4.69, 9.17) is 19.2 Å². The molecule has 6 nitrogen and oxygen atoms in total. The van der Waals surface area contributed by atoms with Crippen LogP contribution in [0.5, 0.6) is 17.2 Å². The van der Waals surface area contributed by atoms with E-state index in [1.807, 2.05) is 12.1 Å². The SMILES string of the molecule is CCNC(=NCc1ccc(OC)c(OC)c1OC)N1CC(C)CC(C)C1.I. The highest BCUT2D eigenvalue weighted by molar-refractivity contribution is 14.0. The summed E-state index contributed by atoms with van der Waals surface area (Å²) in [4.78, 5) is 7.24. The highest BCUT2D eigenvalue weighted by Gasteiger charge is 2.24. The number of aliphatic imine (C=N–C) groups is 1. The normalized spacial score (nSPS) is 19.9. The van der Waals surface area contributed by atoms with E-state index >= 15 is 0 Å². The van der Waals surface area contributed by atoms with Crippen LogP contribution in [0.3, 0.4) is 0 Å². The molecule has 27 heavy (non-hydrogen) atoms. The number of nitrogens with zero attached hydrogens (tertiary/aromatic N) is 2. The molecule has 0 amide bonds. The summed E-state index contributed by atoms with van der Waals surface area (Å²) in [5.74, 6) is 4.25. The Labute approximate surface area is 180 Å². The van der Waals surface area contributed by atoms with Crippen molar-refractivity contribution in [3.05, 3.63) is 17.7 Å². The molecule has 1 saturated heterocycles. The highest BCUT2D eigenvalue weighted by atomic mass is 127. The summed E-state index contributed by atoms with van der Waals surface area (Å²) in [6, 6.07) is 3.87. The fourth-order valence-electron chi connectivity index (χ4n) is 3.71. The predicted octanol–water partition coefficient (Wildman–Crippen LogP) is 3.77. The van der Waals surface area contributed by atoms with E-state index in [0.717, 1.165) is 31.2 Å². The Hall–Kier alpha value is -1.38. The summed E-state index contributed by atoms with van der Waals surface area (Å²) in [6.07, 6.45) is 1.28. The molecule has 1 aromatic carbocycles. The van der Waals surface area contributed by atoms with Gasteiger partial charge in [0, 0.05) is 25.2 Å². The zero-order chi connectivity index (χ0) is 19.1. The summed E-state index contributed by atoms with van der Waals surface area (Å²) in [6.45, 7) is 10.2. The predicted molar refractivity (Wildman–Crippen MR) is 121 cm³/mol. The van der Waals surface area contributed by atoms with Gasteiger partial charge in [-0.1, -0.05) is 13.8 Å². The zero-order valence-electron chi connectivity index (χ0n) is 17.4. The van der Waals surface area contributed by atoms with Gasteiger partial charge in [0.15, 0.2) is 17.5 Å². The highest BCUT2D eigenvalue weighted by Crippen LogP contribution is 2.40. The van der Waals surface area contributed by atoms with Gasteiger partial charge >= 0.3 is 0 Å². The number of benzene rings is 1. The number of methoxy groups -OCH3 is 3. The van der Waals surface area contributed by atoms with Crippen LogP contribution in [-0.4, -0.2) is 51.8 Å². The molecule has 0 aliphatic carbocycles. The molecule has 0 spiro atoms. The van der Waals surface area contributed by atoms with Gasteiger partial charge in [-0.25, -0.2) is 4.99 Å². The number of hydrogen-bond acceptors (Lipinski definition) is 4. The first-order chi connectivity index (χ1) is 12.5. The number of likely N-dealkylation sites (tertiary alicyclic amines) is 1. The topological polar surface area (TPSA) is 55.3 Å². The van der Waals surface area contributed by atoms with Crippen molar-refractivity contribution in [1.82, 2.24) is 10.2 Å². The van der Waals surface area contributed by atoms with Gasteiger partial charge in [-0.15, -0.1) is 24.0 Å². The molecule has 0 radical (unpaired) electrons. The molecule has 2 atom stereocenters. The van der Waals surface area contributed by atoms with Gasteiger partial charge in [-0.05, 0) is 37.3 Å². The maximum absolute atomic E-state index is 5.57. The molecule has 7 heteroatoms. The van der Waals surface area contributed by atoms with Crippen molar-refractivity contribution in [1.29, 1.82) is 0 Å². The second-order valence-corrected chi connectivity index (χ2v) is 7.01. The van der Waals surface area contributed by atoms with Crippen LogP contribution in [0.1, 0.15) is 32.8 Å². The van der Waals surface area contributed by atoms with Gasteiger partial charge in [0.05, 0.1) is 27.9 Å². The first-order valence-corrected chi connectivity index (χ1v) is 9.35. The average molecular weight is 491 g/mol. The van der Waals surface area contributed by atoms with Crippen molar-refractivity contribution in [3.8, 4) is 17.2 Å². The minimum Gasteiger partial charge on any atom is -0.493 e. The number of halogens is 1. The van der Waals surface area contributed by atoms with Crippen LogP contribution < -0.4 is 19.5 Å². The standard InChI is InChI=1S/C20H33N3O3.HI/c1-7-21-20(23-12-14(2)10-15(3)13-23)22-11-16-8-9-17(24-4)19(26-6)18(16)25-5;/h8-9,14-15H,7,10-13H2,1-6H3,(H,21,22);1H. The number of piperidine rings is 1. The molecule has 1 fully saturated rings. The molecule has 1 aliphatic rings. The zero-order valence-corrected chi connectivity index (χ0v) is 19.7. The van der Waals surface area contributed by atoms with Crippen LogP contribution in [0.2, 0.25) is 0 Å². The first kappa shape index (κ1) is 23.7. The fourth-order valence-corrected chi connectivity index (χ4v) is 3.71. The van der Waals surface area contributed by atoms with E-state index in [1.54, 1.807) is 21.3 Å². The quantitative estimate of drug-likeness (QED) is 0.373. The maximum Gasteiger partial charge on any atom is 0.203 e. The van der Waals surface area contributed by atoms with E-state index in [1.165, 1.54) is 6.42 Å². The van der Waals surface area contributed by atoms with Crippen molar-refractivity contribution in [2.24, 2.45) is 16.8 Å². The minimum absolute atomic E-state index is 0. The lowest BCUT2D eigenvalue weighted by molar-refractivity contribution is 0.208. The summed E-state index contributed by atoms with van der Waals surface area (Å²) < 4.78 is 16.4. The van der Waals surface area contributed by atoms with Crippen molar-refractivity contribution >= 4 is 29.9 Å². The molecule has 2 rings (SSSR count). The second kappa shape index (κ2) is 11.5. The molecule has 0 aromatic heterocycles. The Morgan fingerprint density at radius 3 is 2.22 bits per heavy atom.